The molecule has 0 saturated carbocycles. The third kappa shape index (κ3) is 1.35. The predicted octanol–water partition coefficient (Wildman–Crippen LogP) is 4.98. The first-order chi connectivity index (χ1) is 7.65. The molecule has 0 bridgehead atoms. The van der Waals surface area contributed by atoms with Crippen LogP contribution in [0.25, 0.3) is 20.2 Å². The molecular weight excluding hydrogens is 212 g/mol. The van der Waals surface area contributed by atoms with E-state index in [0.29, 0.717) is 0 Å². The van der Waals surface area contributed by atoms with E-state index < -0.39 is 0 Å². The van der Waals surface area contributed by atoms with Gasteiger partial charge in [0.1, 0.15) is 0 Å². The van der Waals surface area contributed by atoms with E-state index >= 15 is 0 Å². The van der Waals surface area contributed by atoms with Crippen LogP contribution in [0.2, 0.25) is 0 Å². The van der Waals surface area contributed by atoms with Crippen molar-refractivity contribution < 1.29 is 0 Å². The van der Waals surface area contributed by atoms with Crippen molar-refractivity contribution in [3.05, 3.63) is 47.0 Å². The SMILES string of the molecule is Cc1ccc2c(c1)sc1cc(C)cc(C)c12. The lowest BCUT2D eigenvalue weighted by molar-refractivity contribution is 1.44. The van der Waals surface area contributed by atoms with Crippen LogP contribution in [0.3, 0.4) is 0 Å². The summed E-state index contributed by atoms with van der Waals surface area (Å²) in [4.78, 5) is 0. The van der Waals surface area contributed by atoms with E-state index in [4.69, 9.17) is 0 Å². The number of benzene rings is 2. The summed E-state index contributed by atoms with van der Waals surface area (Å²) < 4.78 is 2.82. The summed E-state index contributed by atoms with van der Waals surface area (Å²) in [7, 11) is 0. The Morgan fingerprint density at radius 1 is 0.812 bits per heavy atom. The van der Waals surface area contributed by atoms with Crippen molar-refractivity contribution in [1.29, 1.82) is 0 Å². The molecule has 0 N–H and O–H groups in total. The third-order valence-corrected chi connectivity index (χ3v) is 4.17. The fourth-order valence-corrected chi connectivity index (χ4v) is 3.77. The lowest BCUT2D eigenvalue weighted by Gasteiger charge is -1.99. The molecule has 0 aliphatic rings. The Bertz CT molecular complexity index is 689. The Morgan fingerprint density at radius 2 is 1.56 bits per heavy atom. The first kappa shape index (κ1) is 9.86. The van der Waals surface area contributed by atoms with E-state index in [1.807, 2.05) is 11.3 Å². The van der Waals surface area contributed by atoms with Gasteiger partial charge in [0.25, 0.3) is 0 Å². The zero-order valence-corrected chi connectivity index (χ0v) is 10.6. The summed E-state index contributed by atoms with van der Waals surface area (Å²) in [5, 5.41) is 2.84. The topological polar surface area (TPSA) is 0 Å². The predicted molar refractivity (Wildman–Crippen MR) is 73.5 cm³/mol. The molecule has 1 heterocycles. The molecule has 0 amide bonds. The van der Waals surface area contributed by atoms with Gasteiger partial charge in [0.05, 0.1) is 0 Å². The molecule has 3 aromatic rings. The molecule has 2 aromatic carbocycles. The Morgan fingerprint density at radius 3 is 2.38 bits per heavy atom. The third-order valence-electron chi connectivity index (χ3n) is 3.07. The maximum Gasteiger partial charge on any atom is 0.0360 e. The van der Waals surface area contributed by atoms with Crippen molar-refractivity contribution in [2.45, 2.75) is 20.8 Å². The largest absolute Gasteiger partial charge is 0.135 e. The van der Waals surface area contributed by atoms with Crippen molar-refractivity contribution in [3.63, 3.8) is 0 Å². The minimum Gasteiger partial charge on any atom is -0.135 e. The van der Waals surface area contributed by atoms with Gasteiger partial charge in [-0.2, -0.15) is 0 Å². The molecule has 0 nitrogen and oxygen atoms in total. The molecule has 0 spiro atoms. The lowest BCUT2D eigenvalue weighted by Crippen LogP contribution is -1.77. The Kier molecular flexibility index (Phi) is 2.05. The van der Waals surface area contributed by atoms with Gasteiger partial charge >= 0.3 is 0 Å². The number of rotatable bonds is 0. The zero-order valence-electron chi connectivity index (χ0n) is 9.79. The number of aryl methyl sites for hydroxylation is 3. The van der Waals surface area contributed by atoms with Gasteiger partial charge in [0, 0.05) is 20.2 Å². The highest BCUT2D eigenvalue weighted by Crippen LogP contribution is 2.36. The Labute approximate surface area is 99.5 Å². The Balaban J connectivity index is 2.56. The fraction of sp³-hybridized carbons (Fsp3) is 0.200. The molecule has 0 aliphatic carbocycles. The van der Waals surface area contributed by atoms with Crippen LogP contribution in [0.15, 0.2) is 30.3 Å². The normalized spacial score (nSPS) is 11.4. The minimum absolute atomic E-state index is 1.34. The second kappa shape index (κ2) is 3.33. The molecule has 0 aliphatic heterocycles. The van der Waals surface area contributed by atoms with Gasteiger partial charge in [-0.25, -0.2) is 0 Å². The van der Waals surface area contributed by atoms with Gasteiger partial charge in [-0.1, -0.05) is 18.2 Å². The van der Waals surface area contributed by atoms with Crippen molar-refractivity contribution in [1.82, 2.24) is 0 Å². The molecule has 80 valence electrons. The minimum atomic E-state index is 1.34. The number of hydrogen-bond acceptors (Lipinski definition) is 1. The van der Waals surface area contributed by atoms with Crippen LogP contribution >= 0.6 is 11.3 Å². The smallest absolute Gasteiger partial charge is 0.0360 e. The first-order valence-electron chi connectivity index (χ1n) is 5.55. The van der Waals surface area contributed by atoms with Gasteiger partial charge in [-0.15, -0.1) is 11.3 Å². The van der Waals surface area contributed by atoms with Gasteiger partial charge in [0.15, 0.2) is 0 Å². The molecule has 0 radical (unpaired) electrons. The van der Waals surface area contributed by atoms with Crippen LogP contribution in [-0.2, 0) is 0 Å². The molecule has 16 heavy (non-hydrogen) atoms. The standard InChI is InChI=1S/C15H14S/c1-9-4-5-12-13(7-9)16-14-8-10(2)6-11(3)15(12)14/h4-8H,1-3H3. The molecule has 0 unspecified atom stereocenters. The van der Waals surface area contributed by atoms with Crippen LogP contribution in [0, 0.1) is 20.8 Å². The van der Waals surface area contributed by atoms with Gasteiger partial charge in [-0.3, -0.25) is 0 Å². The fourth-order valence-electron chi connectivity index (χ4n) is 2.39. The summed E-state index contributed by atoms with van der Waals surface area (Å²) >= 11 is 1.90. The summed E-state index contributed by atoms with van der Waals surface area (Å²) in [5.41, 5.74) is 4.09. The molecule has 0 saturated heterocycles. The highest BCUT2D eigenvalue weighted by molar-refractivity contribution is 7.25. The van der Waals surface area contributed by atoms with Gasteiger partial charge in [0.2, 0.25) is 0 Å². The van der Waals surface area contributed by atoms with Crippen LogP contribution in [0.5, 0.6) is 0 Å². The number of thiophene rings is 1. The Hall–Kier alpha value is -1.34. The molecular formula is C15H14S. The van der Waals surface area contributed by atoms with E-state index in [0.717, 1.165) is 0 Å². The van der Waals surface area contributed by atoms with E-state index in [1.165, 1.54) is 36.9 Å². The monoisotopic (exact) mass is 226 g/mol. The second-order valence-corrected chi connectivity index (χ2v) is 5.64. The second-order valence-electron chi connectivity index (χ2n) is 4.56. The van der Waals surface area contributed by atoms with E-state index in [1.54, 1.807) is 0 Å². The van der Waals surface area contributed by atoms with Crippen LogP contribution < -0.4 is 0 Å². The summed E-state index contributed by atoms with van der Waals surface area (Å²) in [6.45, 7) is 6.53. The molecule has 3 rings (SSSR count). The van der Waals surface area contributed by atoms with Crippen molar-refractivity contribution >= 4 is 31.5 Å². The van der Waals surface area contributed by atoms with Crippen LogP contribution in [-0.4, -0.2) is 0 Å². The van der Waals surface area contributed by atoms with E-state index in [-0.39, 0.29) is 0 Å². The van der Waals surface area contributed by atoms with Crippen LogP contribution in [0.4, 0.5) is 0 Å². The molecule has 0 fully saturated rings. The summed E-state index contributed by atoms with van der Waals surface area (Å²) in [6.07, 6.45) is 0. The van der Waals surface area contributed by atoms with E-state index in [9.17, 15) is 0 Å². The first-order valence-corrected chi connectivity index (χ1v) is 6.37. The average molecular weight is 226 g/mol. The highest BCUT2D eigenvalue weighted by Gasteiger charge is 2.07. The maximum absolute atomic E-state index is 2.29. The summed E-state index contributed by atoms with van der Waals surface area (Å²) in [5.74, 6) is 0. The summed E-state index contributed by atoms with van der Waals surface area (Å²) in [6, 6.07) is 11.3. The number of hydrogen-bond donors (Lipinski definition) is 0. The van der Waals surface area contributed by atoms with Crippen LogP contribution in [0.1, 0.15) is 16.7 Å². The van der Waals surface area contributed by atoms with Crippen molar-refractivity contribution in [3.8, 4) is 0 Å². The zero-order chi connectivity index (χ0) is 11.3. The maximum atomic E-state index is 2.29. The number of fused-ring (bicyclic) bond motifs is 3. The average Bonchev–Trinajstić information content (AvgIpc) is 2.54. The van der Waals surface area contributed by atoms with Gasteiger partial charge in [-0.05, 0) is 49.6 Å². The van der Waals surface area contributed by atoms with Crippen molar-refractivity contribution in [2.75, 3.05) is 0 Å². The lowest BCUT2D eigenvalue weighted by atomic mass is 10.0. The highest BCUT2D eigenvalue weighted by atomic mass is 32.1. The molecule has 1 heteroatoms. The molecule has 0 atom stereocenters. The van der Waals surface area contributed by atoms with Gasteiger partial charge < -0.3 is 0 Å². The van der Waals surface area contributed by atoms with E-state index in [2.05, 4.69) is 51.1 Å². The quantitative estimate of drug-likeness (QED) is 0.507. The van der Waals surface area contributed by atoms with Crippen molar-refractivity contribution in [2.24, 2.45) is 0 Å². The molecule has 1 aromatic heterocycles.